The lowest BCUT2D eigenvalue weighted by Crippen LogP contribution is -2.10. The predicted octanol–water partition coefficient (Wildman–Crippen LogP) is 3.28. The van der Waals surface area contributed by atoms with Gasteiger partial charge in [0.25, 0.3) is 5.89 Å². The third-order valence-electron chi connectivity index (χ3n) is 2.29. The van der Waals surface area contributed by atoms with Crippen LogP contribution in [0.3, 0.4) is 0 Å². The van der Waals surface area contributed by atoms with E-state index in [0.717, 1.165) is 27.7 Å². The number of nitrogens with zero attached hydrogens (tertiary/aromatic N) is 2. The Morgan fingerprint density at radius 3 is 2.65 bits per heavy atom. The Labute approximate surface area is 105 Å². The number of nitrogens with two attached hydrogens (primary N) is 1. The van der Waals surface area contributed by atoms with E-state index < -0.39 is 0 Å². The Kier molecular flexibility index (Phi) is 2.95. The molecule has 2 heterocycles. The van der Waals surface area contributed by atoms with Gasteiger partial charge in [-0.15, -0.1) is 11.3 Å². The van der Waals surface area contributed by atoms with Crippen LogP contribution in [0.4, 0.5) is 5.00 Å². The number of thiophene rings is 1. The van der Waals surface area contributed by atoms with Crippen LogP contribution in [0.1, 0.15) is 32.2 Å². The van der Waals surface area contributed by atoms with E-state index in [9.17, 15) is 0 Å². The summed E-state index contributed by atoms with van der Waals surface area (Å²) in [5, 5.41) is 4.78. The normalized spacial score (nSPS) is 12.0. The molecule has 0 radical (unpaired) electrons. The second kappa shape index (κ2) is 4.14. The Morgan fingerprint density at radius 1 is 1.41 bits per heavy atom. The number of hydrogen-bond donors (Lipinski definition) is 1. The minimum Gasteiger partial charge on any atom is -0.391 e. The minimum atomic E-state index is 0.157. The Hall–Kier alpha value is -1.36. The summed E-state index contributed by atoms with van der Waals surface area (Å²) in [6.45, 7) is 8.45. The molecule has 0 amide bonds. The maximum atomic E-state index is 5.75. The molecule has 0 aliphatic rings. The Bertz CT molecular complexity index is 522. The fraction of sp³-hybridized carbons (Fsp3) is 0.500. The maximum Gasteiger partial charge on any atom is 0.268 e. The summed E-state index contributed by atoms with van der Waals surface area (Å²) in [5.41, 5.74) is 6.99. The number of rotatable bonds is 2. The lowest BCUT2D eigenvalue weighted by Gasteiger charge is -2.14. The monoisotopic (exact) mass is 251 g/mol. The van der Waals surface area contributed by atoms with Gasteiger partial charge in [-0.3, -0.25) is 0 Å². The molecule has 17 heavy (non-hydrogen) atoms. The molecule has 0 fully saturated rings. The molecular formula is C12H17N3OS. The van der Waals surface area contributed by atoms with Crippen molar-refractivity contribution in [3.8, 4) is 10.8 Å². The van der Waals surface area contributed by atoms with Gasteiger partial charge in [0, 0.05) is 6.42 Å². The van der Waals surface area contributed by atoms with Gasteiger partial charge in [-0.1, -0.05) is 25.9 Å². The van der Waals surface area contributed by atoms with Crippen molar-refractivity contribution >= 4 is 16.3 Å². The third-order valence-corrected chi connectivity index (χ3v) is 3.34. The van der Waals surface area contributed by atoms with E-state index >= 15 is 0 Å². The molecular weight excluding hydrogens is 234 g/mol. The number of anilines is 1. The number of hydrogen-bond acceptors (Lipinski definition) is 5. The fourth-order valence-electron chi connectivity index (χ4n) is 1.61. The van der Waals surface area contributed by atoms with Crippen molar-refractivity contribution in [2.75, 3.05) is 5.73 Å². The van der Waals surface area contributed by atoms with Gasteiger partial charge in [0.2, 0.25) is 0 Å². The van der Waals surface area contributed by atoms with Crippen LogP contribution >= 0.6 is 11.3 Å². The molecule has 0 aliphatic heterocycles. The van der Waals surface area contributed by atoms with Crippen LogP contribution in [0.5, 0.6) is 0 Å². The number of nitrogen functional groups attached to an aromatic ring is 1. The van der Waals surface area contributed by atoms with E-state index in [2.05, 4.69) is 30.9 Å². The molecule has 0 spiro atoms. The van der Waals surface area contributed by atoms with Gasteiger partial charge in [-0.2, -0.15) is 4.98 Å². The smallest absolute Gasteiger partial charge is 0.268 e. The molecule has 0 bridgehead atoms. The average molecular weight is 251 g/mol. The standard InChI is InChI=1S/C12H17N3OS/c1-7-5-8(13)17-10(7)11-14-9(15-16-11)6-12(2,3)4/h5H,6,13H2,1-4H3. The molecule has 2 N–H and O–H groups in total. The highest BCUT2D eigenvalue weighted by Crippen LogP contribution is 2.33. The molecule has 0 saturated heterocycles. The van der Waals surface area contributed by atoms with E-state index in [1.807, 2.05) is 13.0 Å². The molecule has 0 aromatic carbocycles. The van der Waals surface area contributed by atoms with E-state index in [4.69, 9.17) is 10.3 Å². The Morgan fingerprint density at radius 2 is 2.12 bits per heavy atom. The van der Waals surface area contributed by atoms with Crippen LogP contribution in [0, 0.1) is 12.3 Å². The summed E-state index contributed by atoms with van der Waals surface area (Å²) in [5.74, 6) is 1.32. The zero-order valence-electron chi connectivity index (χ0n) is 10.6. The molecule has 0 unspecified atom stereocenters. The van der Waals surface area contributed by atoms with Gasteiger partial charge in [0.05, 0.1) is 9.88 Å². The first-order chi connectivity index (χ1) is 7.85. The topological polar surface area (TPSA) is 64.9 Å². The summed E-state index contributed by atoms with van der Waals surface area (Å²) >= 11 is 1.48. The molecule has 0 atom stereocenters. The van der Waals surface area contributed by atoms with Crippen LogP contribution in [0.25, 0.3) is 10.8 Å². The molecule has 0 aliphatic carbocycles. The SMILES string of the molecule is Cc1cc(N)sc1-c1nc(CC(C)(C)C)no1. The highest BCUT2D eigenvalue weighted by Gasteiger charge is 2.18. The zero-order valence-corrected chi connectivity index (χ0v) is 11.4. The van der Waals surface area contributed by atoms with Crippen molar-refractivity contribution in [3.05, 3.63) is 17.5 Å². The molecule has 0 saturated carbocycles. The fourth-order valence-corrected chi connectivity index (χ4v) is 2.47. The lowest BCUT2D eigenvalue weighted by molar-refractivity contribution is 0.375. The van der Waals surface area contributed by atoms with Crippen LogP contribution in [-0.4, -0.2) is 10.1 Å². The molecule has 2 rings (SSSR count). The van der Waals surface area contributed by atoms with Gasteiger partial charge in [0.15, 0.2) is 5.82 Å². The first-order valence-electron chi connectivity index (χ1n) is 5.54. The van der Waals surface area contributed by atoms with Crippen molar-refractivity contribution in [3.63, 3.8) is 0 Å². The van der Waals surface area contributed by atoms with Crippen LogP contribution in [0.2, 0.25) is 0 Å². The Balaban J connectivity index is 2.27. The van der Waals surface area contributed by atoms with Crippen molar-refractivity contribution in [2.24, 2.45) is 5.41 Å². The van der Waals surface area contributed by atoms with E-state index in [1.165, 1.54) is 11.3 Å². The first kappa shape index (κ1) is 12.1. The molecule has 92 valence electrons. The largest absolute Gasteiger partial charge is 0.391 e. The van der Waals surface area contributed by atoms with Crippen molar-refractivity contribution < 1.29 is 4.52 Å². The number of aromatic nitrogens is 2. The van der Waals surface area contributed by atoms with Gasteiger partial charge in [0.1, 0.15) is 0 Å². The average Bonchev–Trinajstić information content (AvgIpc) is 2.70. The quantitative estimate of drug-likeness (QED) is 0.889. The molecule has 4 nitrogen and oxygen atoms in total. The lowest BCUT2D eigenvalue weighted by atomic mass is 9.92. The highest BCUT2D eigenvalue weighted by molar-refractivity contribution is 7.19. The summed E-state index contributed by atoms with van der Waals surface area (Å²) in [7, 11) is 0. The van der Waals surface area contributed by atoms with E-state index in [0.29, 0.717) is 5.89 Å². The second-order valence-electron chi connectivity index (χ2n) is 5.41. The predicted molar refractivity (Wildman–Crippen MR) is 69.9 cm³/mol. The minimum absolute atomic E-state index is 0.157. The van der Waals surface area contributed by atoms with Gasteiger partial charge in [-0.25, -0.2) is 0 Å². The summed E-state index contributed by atoms with van der Waals surface area (Å²) in [6.07, 6.45) is 0.802. The van der Waals surface area contributed by atoms with Gasteiger partial charge in [-0.05, 0) is 24.0 Å². The highest BCUT2D eigenvalue weighted by atomic mass is 32.1. The van der Waals surface area contributed by atoms with Gasteiger partial charge < -0.3 is 10.3 Å². The number of aryl methyl sites for hydroxylation is 1. The zero-order chi connectivity index (χ0) is 12.6. The van der Waals surface area contributed by atoms with E-state index in [1.54, 1.807) is 0 Å². The summed E-state index contributed by atoms with van der Waals surface area (Å²) in [6, 6.07) is 1.92. The maximum absolute atomic E-state index is 5.75. The summed E-state index contributed by atoms with van der Waals surface area (Å²) in [4.78, 5) is 5.38. The van der Waals surface area contributed by atoms with Crippen LogP contribution in [-0.2, 0) is 6.42 Å². The third kappa shape index (κ3) is 2.85. The molecule has 2 aromatic heterocycles. The van der Waals surface area contributed by atoms with Crippen molar-refractivity contribution in [1.82, 2.24) is 10.1 Å². The second-order valence-corrected chi connectivity index (χ2v) is 6.50. The van der Waals surface area contributed by atoms with E-state index in [-0.39, 0.29) is 5.41 Å². The van der Waals surface area contributed by atoms with Crippen molar-refractivity contribution in [2.45, 2.75) is 34.1 Å². The first-order valence-corrected chi connectivity index (χ1v) is 6.36. The van der Waals surface area contributed by atoms with Crippen LogP contribution < -0.4 is 5.73 Å². The van der Waals surface area contributed by atoms with Crippen molar-refractivity contribution in [1.29, 1.82) is 0 Å². The molecule has 5 heteroatoms. The van der Waals surface area contributed by atoms with Crippen LogP contribution in [0.15, 0.2) is 10.6 Å². The van der Waals surface area contributed by atoms with Gasteiger partial charge >= 0.3 is 0 Å². The molecule has 2 aromatic rings. The summed E-state index contributed by atoms with van der Waals surface area (Å²) < 4.78 is 5.28.